The summed E-state index contributed by atoms with van der Waals surface area (Å²) in [5.41, 5.74) is 0. The van der Waals surface area contributed by atoms with Crippen LogP contribution in [0.1, 0.15) is 6.42 Å². The monoisotopic (exact) mass is 225 g/mol. The molecule has 0 bridgehead atoms. The zero-order chi connectivity index (χ0) is 11.4. The highest BCUT2D eigenvalue weighted by atomic mass is 19.1. The molecule has 88 valence electrons. The molecule has 1 heterocycles. The van der Waals surface area contributed by atoms with Gasteiger partial charge >= 0.3 is 0 Å². The molecule has 2 atom stereocenters. The third kappa shape index (κ3) is 2.93. The number of rotatable bonds is 4. The molecule has 1 aromatic rings. The van der Waals surface area contributed by atoms with Crippen LogP contribution in [0.25, 0.3) is 0 Å². The van der Waals surface area contributed by atoms with E-state index in [0.717, 1.165) is 19.5 Å². The number of hydrogen-bond donors (Lipinski definition) is 2. The molecule has 1 aromatic carbocycles. The molecular weight excluding hydrogens is 209 g/mol. The highest BCUT2D eigenvalue weighted by Crippen LogP contribution is 2.16. The van der Waals surface area contributed by atoms with Crippen molar-refractivity contribution in [2.45, 2.75) is 12.5 Å². The minimum Gasteiger partial charge on any atom is -0.491 e. The van der Waals surface area contributed by atoms with Crippen LogP contribution >= 0.6 is 0 Å². The third-order valence-corrected chi connectivity index (χ3v) is 2.88. The fraction of sp³-hybridized carbons (Fsp3) is 0.500. The SMILES string of the molecule is OC(COc1ccc(F)cc1)C1CCNC1. The Bertz CT molecular complexity index is 322. The second-order valence-corrected chi connectivity index (χ2v) is 4.09. The number of halogens is 1. The summed E-state index contributed by atoms with van der Waals surface area (Å²) in [6.45, 7) is 2.06. The van der Waals surface area contributed by atoms with Gasteiger partial charge in [0.1, 0.15) is 18.2 Å². The third-order valence-electron chi connectivity index (χ3n) is 2.88. The lowest BCUT2D eigenvalue weighted by Crippen LogP contribution is -2.28. The Kier molecular flexibility index (Phi) is 3.74. The maximum absolute atomic E-state index is 12.6. The Morgan fingerprint density at radius 3 is 2.81 bits per heavy atom. The molecule has 4 heteroatoms. The molecule has 1 fully saturated rings. The summed E-state index contributed by atoms with van der Waals surface area (Å²) in [5.74, 6) is 0.569. The van der Waals surface area contributed by atoms with Crippen LogP contribution < -0.4 is 10.1 Å². The Morgan fingerprint density at radius 2 is 2.19 bits per heavy atom. The summed E-state index contributed by atoms with van der Waals surface area (Å²) in [7, 11) is 0. The van der Waals surface area contributed by atoms with Crippen LogP contribution in [-0.4, -0.2) is 30.9 Å². The summed E-state index contributed by atoms with van der Waals surface area (Å²) in [6, 6.07) is 5.82. The van der Waals surface area contributed by atoms with Gasteiger partial charge in [-0.25, -0.2) is 4.39 Å². The minimum atomic E-state index is -0.458. The molecule has 16 heavy (non-hydrogen) atoms. The average Bonchev–Trinajstić information content (AvgIpc) is 2.81. The van der Waals surface area contributed by atoms with Crippen molar-refractivity contribution in [2.24, 2.45) is 5.92 Å². The van der Waals surface area contributed by atoms with E-state index in [2.05, 4.69) is 5.32 Å². The van der Waals surface area contributed by atoms with E-state index in [1.807, 2.05) is 0 Å². The van der Waals surface area contributed by atoms with Gasteiger partial charge in [0.05, 0.1) is 6.10 Å². The van der Waals surface area contributed by atoms with Gasteiger partial charge in [-0.05, 0) is 37.2 Å². The molecule has 0 amide bonds. The average molecular weight is 225 g/mol. The van der Waals surface area contributed by atoms with Crippen LogP contribution in [-0.2, 0) is 0 Å². The molecule has 1 aliphatic rings. The van der Waals surface area contributed by atoms with Gasteiger partial charge in [0.15, 0.2) is 0 Å². The number of nitrogens with one attached hydrogen (secondary N) is 1. The normalized spacial score (nSPS) is 22.0. The van der Waals surface area contributed by atoms with Crippen molar-refractivity contribution in [2.75, 3.05) is 19.7 Å². The molecular formula is C12H16FNO2. The molecule has 0 spiro atoms. The second-order valence-electron chi connectivity index (χ2n) is 4.09. The van der Waals surface area contributed by atoms with Crippen LogP contribution in [0.15, 0.2) is 24.3 Å². The van der Waals surface area contributed by atoms with Gasteiger partial charge in [-0.15, -0.1) is 0 Å². The first kappa shape index (κ1) is 11.4. The van der Waals surface area contributed by atoms with Gasteiger partial charge in [-0.2, -0.15) is 0 Å². The number of aliphatic hydroxyl groups excluding tert-OH is 1. The highest BCUT2D eigenvalue weighted by Gasteiger charge is 2.23. The molecule has 1 aliphatic heterocycles. The van der Waals surface area contributed by atoms with Crippen molar-refractivity contribution in [3.05, 3.63) is 30.1 Å². The van der Waals surface area contributed by atoms with Crippen LogP contribution in [0.5, 0.6) is 5.75 Å². The summed E-state index contributed by atoms with van der Waals surface area (Å²) >= 11 is 0. The van der Waals surface area contributed by atoms with E-state index in [-0.39, 0.29) is 18.3 Å². The maximum atomic E-state index is 12.6. The van der Waals surface area contributed by atoms with Crippen LogP contribution in [0, 0.1) is 11.7 Å². The Labute approximate surface area is 94.2 Å². The van der Waals surface area contributed by atoms with Crippen LogP contribution in [0.4, 0.5) is 4.39 Å². The summed E-state index contributed by atoms with van der Waals surface area (Å²) in [4.78, 5) is 0. The molecule has 0 radical (unpaired) electrons. The van der Waals surface area contributed by atoms with E-state index in [1.165, 1.54) is 12.1 Å². The number of benzene rings is 1. The van der Waals surface area contributed by atoms with E-state index in [9.17, 15) is 9.50 Å². The minimum absolute atomic E-state index is 0.262. The van der Waals surface area contributed by atoms with Gasteiger partial charge in [-0.1, -0.05) is 0 Å². The van der Waals surface area contributed by atoms with E-state index in [1.54, 1.807) is 12.1 Å². The second kappa shape index (κ2) is 5.27. The zero-order valence-corrected chi connectivity index (χ0v) is 9.03. The molecule has 2 unspecified atom stereocenters. The van der Waals surface area contributed by atoms with Crippen molar-refractivity contribution >= 4 is 0 Å². The van der Waals surface area contributed by atoms with Crippen molar-refractivity contribution in [3.8, 4) is 5.75 Å². The number of hydrogen-bond acceptors (Lipinski definition) is 3. The molecule has 0 aliphatic carbocycles. The topological polar surface area (TPSA) is 41.5 Å². The van der Waals surface area contributed by atoms with Crippen LogP contribution in [0.3, 0.4) is 0 Å². The fourth-order valence-electron chi connectivity index (χ4n) is 1.85. The highest BCUT2D eigenvalue weighted by molar-refractivity contribution is 5.22. The first-order valence-electron chi connectivity index (χ1n) is 5.53. The molecule has 0 aromatic heterocycles. The quantitative estimate of drug-likeness (QED) is 0.808. The van der Waals surface area contributed by atoms with Crippen molar-refractivity contribution in [1.29, 1.82) is 0 Å². The van der Waals surface area contributed by atoms with E-state index in [4.69, 9.17) is 4.74 Å². The lowest BCUT2D eigenvalue weighted by Gasteiger charge is -2.17. The molecule has 0 saturated carbocycles. The smallest absolute Gasteiger partial charge is 0.123 e. The zero-order valence-electron chi connectivity index (χ0n) is 9.03. The Morgan fingerprint density at radius 1 is 1.44 bits per heavy atom. The van der Waals surface area contributed by atoms with E-state index < -0.39 is 6.10 Å². The van der Waals surface area contributed by atoms with Crippen LogP contribution in [0.2, 0.25) is 0 Å². The number of aliphatic hydroxyl groups is 1. The van der Waals surface area contributed by atoms with E-state index in [0.29, 0.717) is 5.75 Å². The Hall–Kier alpha value is -1.13. The Balaban J connectivity index is 1.80. The van der Waals surface area contributed by atoms with Gasteiger partial charge in [0, 0.05) is 12.5 Å². The first-order valence-corrected chi connectivity index (χ1v) is 5.53. The lowest BCUT2D eigenvalue weighted by molar-refractivity contribution is 0.0640. The van der Waals surface area contributed by atoms with E-state index >= 15 is 0 Å². The molecule has 2 N–H and O–H groups in total. The van der Waals surface area contributed by atoms with Crippen molar-refractivity contribution in [1.82, 2.24) is 5.32 Å². The molecule has 3 nitrogen and oxygen atoms in total. The van der Waals surface area contributed by atoms with Gasteiger partial charge in [0.25, 0.3) is 0 Å². The first-order chi connectivity index (χ1) is 7.75. The number of ether oxygens (including phenoxy) is 1. The lowest BCUT2D eigenvalue weighted by atomic mass is 10.0. The summed E-state index contributed by atoms with van der Waals surface area (Å²) < 4.78 is 18.0. The summed E-state index contributed by atoms with van der Waals surface area (Å²) in [6.07, 6.45) is 0.522. The predicted molar refractivity (Wildman–Crippen MR) is 58.9 cm³/mol. The fourth-order valence-corrected chi connectivity index (χ4v) is 1.85. The largest absolute Gasteiger partial charge is 0.491 e. The summed E-state index contributed by atoms with van der Waals surface area (Å²) in [5, 5.41) is 13.0. The van der Waals surface area contributed by atoms with Crippen molar-refractivity contribution < 1.29 is 14.2 Å². The molecule has 2 rings (SSSR count). The van der Waals surface area contributed by atoms with Gasteiger partial charge in [-0.3, -0.25) is 0 Å². The van der Waals surface area contributed by atoms with Crippen molar-refractivity contribution in [3.63, 3.8) is 0 Å². The van der Waals surface area contributed by atoms with Gasteiger partial charge < -0.3 is 15.2 Å². The predicted octanol–water partition coefficient (Wildman–Crippen LogP) is 1.17. The molecule has 1 saturated heterocycles. The standard InChI is InChI=1S/C12H16FNO2/c13-10-1-3-11(4-2-10)16-8-12(15)9-5-6-14-7-9/h1-4,9,12,14-15H,5-8H2. The van der Waals surface area contributed by atoms with Gasteiger partial charge in [0.2, 0.25) is 0 Å². The maximum Gasteiger partial charge on any atom is 0.123 e.